The van der Waals surface area contributed by atoms with Crippen LogP contribution in [0.5, 0.6) is 0 Å². The normalized spacial score (nSPS) is 15.6. The highest BCUT2D eigenvalue weighted by atomic mass is 32.2. The Bertz CT molecular complexity index is 716. The molecule has 1 aliphatic heterocycles. The lowest BCUT2D eigenvalue weighted by Crippen LogP contribution is -2.37. The van der Waals surface area contributed by atoms with Gasteiger partial charge in [0.15, 0.2) is 0 Å². The van der Waals surface area contributed by atoms with Gasteiger partial charge in [0.05, 0.1) is 18.5 Å². The van der Waals surface area contributed by atoms with Crippen LogP contribution in [0.15, 0.2) is 53.6 Å². The highest BCUT2D eigenvalue weighted by Gasteiger charge is 2.23. The third-order valence-electron chi connectivity index (χ3n) is 4.48. The number of carbonyl (C=O) groups is 1. The molecule has 1 fully saturated rings. The number of anilines is 1. The summed E-state index contributed by atoms with van der Waals surface area (Å²) >= 11 is 1.62. The van der Waals surface area contributed by atoms with Crippen LogP contribution in [0, 0.1) is 5.92 Å². The molecule has 1 atom stereocenters. The summed E-state index contributed by atoms with van der Waals surface area (Å²) in [5.41, 5.74) is 1.01. The van der Waals surface area contributed by atoms with Crippen LogP contribution < -0.4 is 10.2 Å². The van der Waals surface area contributed by atoms with Crippen LogP contribution >= 0.6 is 11.8 Å². The molecule has 1 saturated heterocycles. The van der Waals surface area contributed by atoms with E-state index in [1.165, 1.54) is 0 Å². The molecule has 6 heteroatoms. The number of nitrogens with one attached hydrogen (secondary N) is 1. The molecule has 0 radical (unpaired) electrons. The molecule has 1 aromatic heterocycles. The highest BCUT2D eigenvalue weighted by molar-refractivity contribution is 8.00. The fourth-order valence-electron chi connectivity index (χ4n) is 2.93. The molecule has 1 aromatic carbocycles. The second-order valence-electron chi connectivity index (χ2n) is 6.94. The van der Waals surface area contributed by atoms with Crippen molar-refractivity contribution in [1.29, 1.82) is 0 Å². The molecule has 0 aliphatic carbocycles. The minimum Gasteiger partial charge on any atom is -0.378 e. The number of benzene rings is 1. The molecular weight excluding hydrogens is 358 g/mol. The number of rotatable bonds is 7. The van der Waals surface area contributed by atoms with Gasteiger partial charge in [0, 0.05) is 30.7 Å². The van der Waals surface area contributed by atoms with Gasteiger partial charge < -0.3 is 15.0 Å². The van der Waals surface area contributed by atoms with Crippen LogP contribution in [0.2, 0.25) is 0 Å². The van der Waals surface area contributed by atoms with Crippen molar-refractivity contribution in [3.63, 3.8) is 0 Å². The molecule has 0 unspecified atom stereocenters. The minimum atomic E-state index is -0.118. The van der Waals surface area contributed by atoms with E-state index in [2.05, 4.69) is 29.0 Å². The van der Waals surface area contributed by atoms with E-state index in [1.807, 2.05) is 48.7 Å². The first kappa shape index (κ1) is 19.7. The van der Waals surface area contributed by atoms with E-state index < -0.39 is 0 Å². The average Bonchev–Trinajstić information content (AvgIpc) is 2.72. The summed E-state index contributed by atoms with van der Waals surface area (Å²) in [7, 11) is 0. The second kappa shape index (κ2) is 9.76. The summed E-state index contributed by atoms with van der Waals surface area (Å²) < 4.78 is 5.38. The Morgan fingerprint density at radius 3 is 2.56 bits per heavy atom. The monoisotopic (exact) mass is 385 g/mol. The summed E-state index contributed by atoms with van der Waals surface area (Å²) in [5, 5.41) is 2.95. The molecule has 1 aliphatic rings. The van der Waals surface area contributed by atoms with Crippen molar-refractivity contribution in [3.05, 3.63) is 54.2 Å². The summed E-state index contributed by atoms with van der Waals surface area (Å²) in [4.78, 5) is 20.6. The Labute approximate surface area is 165 Å². The van der Waals surface area contributed by atoms with Crippen molar-refractivity contribution in [2.45, 2.75) is 30.5 Å². The largest absolute Gasteiger partial charge is 0.378 e. The van der Waals surface area contributed by atoms with Gasteiger partial charge in [-0.25, -0.2) is 4.98 Å². The van der Waals surface area contributed by atoms with Crippen molar-refractivity contribution in [2.24, 2.45) is 5.92 Å². The van der Waals surface area contributed by atoms with E-state index in [9.17, 15) is 4.79 Å². The first-order valence-corrected chi connectivity index (χ1v) is 10.3. The van der Waals surface area contributed by atoms with Crippen molar-refractivity contribution in [3.8, 4) is 0 Å². The van der Waals surface area contributed by atoms with E-state index in [0.717, 1.165) is 42.6 Å². The van der Waals surface area contributed by atoms with Crippen LogP contribution in [0.1, 0.15) is 19.4 Å². The zero-order chi connectivity index (χ0) is 19.1. The topological polar surface area (TPSA) is 54.5 Å². The maximum atomic E-state index is 12.7. The molecule has 5 nitrogen and oxygen atoms in total. The first-order chi connectivity index (χ1) is 13.1. The third-order valence-corrected chi connectivity index (χ3v) is 6.04. The molecule has 2 aromatic rings. The van der Waals surface area contributed by atoms with Gasteiger partial charge in [-0.2, -0.15) is 0 Å². The average molecular weight is 386 g/mol. The number of hydrogen-bond acceptors (Lipinski definition) is 5. The van der Waals surface area contributed by atoms with Crippen molar-refractivity contribution in [2.75, 3.05) is 31.2 Å². The molecule has 0 bridgehead atoms. The first-order valence-electron chi connectivity index (χ1n) is 9.40. The molecule has 1 amide bonds. The van der Waals surface area contributed by atoms with E-state index in [1.54, 1.807) is 11.8 Å². The predicted octanol–water partition coefficient (Wildman–Crippen LogP) is 3.35. The molecule has 0 spiro atoms. The number of hydrogen-bond donors (Lipinski definition) is 1. The van der Waals surface area contributed by atoms with Gasteiger partial charge in [0.2, 0.25) is 5.91 Å². The van der Waals surface area contributed by atoms with Gasteiger partial charge in [-0.3, -0.25) is 4.79 Å². The van der Waals surface area contributed by atoms with Crippen LogP contribution in [0.4, 0.5) is 5.82 Å². The highest BCUT2D eigenvalue weighted by Crippen LogP contribution is 2.28. The Balaban J connectivity index is 1.55. The molecular formula is C21H27N3O2S. The number of pyridine rings is 1. The molecule has 2 heterocycles. The maximum Gasteiger partial charge on any atom is 0.234 e. The fourth-order valence-corrected chi connectivity index (χ4v) is 4.00. The quantitative estimate of drug-likeness (QED) is 0.741. The standard InChI is InChI=1S/C21H27N3O2S/c1-16(2)20(27-18-6-4-3-5-7-18)21(25)23-15-17-8-9-19(22-14-17)24-10-12-26-13-11-24/h3-9,14,16,20H,10-13,15H2,1-2H3,(H,23,25)/t20-/m0/s1. The molecule has 3 rings (SSSR count). The number of thioether (sulfide) groups is 1. The number of nitrogens with zero attached hydrogens (tertiary/aromatic N) is 2. The smallest absolute Gasteiger partial charge is 0.234 e. The van der Waals surface area contributed by atoms with Crippen LogP contribution in [0.25, 0.3) is 0 Å². The van der Waals surface area contributed by atoms with E-state index in [0.29, 0.717) is 6.54 Å². The van der Waals surface area contributed by atoms with Gasteiger partial charge in [-0.1, -0.05) is 38.1 Å². The Morgan fingerprint density at radius 2 is 1.93 bits per heavy atom. The molecule has 1 N–H and O–H groups in total. The second-order valence-corrected chi connectivity index (χ2v) is 8.15. The molecule has 0 saturated carbocycles. The zero-order valence-corrected chi connectivity index (χ0v) is 16.7. The van der Waals surface area contributed by atoms with Crippen LogP contribution in [-0.2, 0) is 16.1 Å². The number of morpholine rings is 1. The van der Waals surface area contributed by atoms with Gasteiger partial charge >= 0.3 is 0 Å². The summed E-state index contributed by atoms with van der Waals surface area (Å²) in [6.07, 6.45) is 1.85. The number of aromatic nitrogens is 1. The third kappa shape index (κ3) is 5.71. The number of amides is 1. The van der Waals surface area contributed by atoms with Gasteiger partial charge in [-0.15, -0.1) is 11.8 Å². The summed E-state index contributed by atoms with van der Waals surface area (Å²) in [5.74, 6) is 1.28. The van der Waals surface area contributed by atoms with Gasteiger partial charge in [-0.05, 0) is 29.7 Å². The summed E-state index contributed by atoms with van der Waals surface area (Å²) in [6.45, 7) is 7.89. The van der Waals surface area contributed by atoms with E-state index >= 15 is 0 Å². The Kier molecular flexibility index (Phi) is 7.12. The number of ether oxygens (including phenoxy) is 1. The summed E-state index contributed by atoms with van der Waals surface area (Å²) in [6, 6.07) is 14.1. The number of carbonyl (C=O) groups excluding carboxylic acids is 1. The van der Waals surface area contributed by atoms with Gasteiger partial charge in [0.1, 0.15) is 5.82 Å². The van der Waals surface area contributed by atoms with Crippen LogP contribution in [0.3, 0.4) is 0 Å². The van der Waals surface area contributed by atoms with Crippen molar-refractivity contribution < 1.29 is 9.53 Å². The lowest BCUT2D eigenvalue weighted by Gasteiger charge is -2.27. The van der Waals surface area contributed by atoms with Gasteiger partial charge in [0.25, 0.3) is 0 Å². The molecule has 144 valence electrons. The van der Waals surface area contributed by atoms with E-state index in [4.69, 9.17) is 4.74 Å². The van der Waals surface area contributed by atoms with Crippen LogP contribution in [-0.4, -0.2) is 42.4 Å². The lowest BCUT2D eigenvalue weighted by molar-refractivity contribution is -0.121. The molecule has 27 heavy (non-hydrogen) atoms. The van der Waals surface area contributed by atoms with E-state index in [-0.39, 0.29) is 17.1 Å². The maximum absolute atomic E-state index is 12.7. The predicted molar refractivity (Wildman–Crippen MR) is 110 cm³/mol. The Hall–Kier alpha value is -2.05. The van der Waals surface area contributed by atoms with Crippen molar-refractivity contribution in [1.82, 2.24) is 10.3 Å². The SMILES string of the molecule is CC(C)[C@H](Sc1ccccc1)C(=O)NCc1ccc(N2CCOCC2)nc1. The Morgan fingerprint density at radius 1 is 1.19 bits per heavy atom. The lowest BCUT2D eigenvalue weighted by atomic mass is 10.1. The minimum absolute atomic E-state index is 0.0658. The zero-order valence-electron chi connectivity index (χ0n) is 15.9. The van der Waals surface area contributed by atoms with Crippen molar-refractivity contribution >= 4 is 23.5 Å². The fraction of sp³-hybridized carbons (Fsp3) is 0.429.